The Bertz CT molecular complexity index is 914. The van der Waals surface area contributed by atoms with Crippen molar-refractivity contribution in [3.63, 3.8) is 0 Å². The van der Waals surface area contributed by atoms with Crippen LogP contribution in [0.3, 0.4) is 0 Å². The number of hydrogen-bond donors (Lipinski definition) is 2. The molecule has 0 aliphatic carbocycles. The number of ether oxygens (including phenoxy) is 2. The number of nitrogens with one attached hydrogen (secondary N) is 2. The molecule has 0 heterocycles. The minimum Gasteiger partial charge on any atom is -0.493 e. The van der Waals surface area contributed by atoms with Crippen molar-refractivity contribution in [1.29, 1.82) is 5.26 Å². The van der Waals surface area contributed by atoms with E-state index in [0.717, 1.165) is 16.7 Å². The molecule has 2 aromatic rings. The Labute approximate surface area is 165 Å². The highest BCUT2D eigenvalue weighted by Gasteiger charge is 2.11. The molecular weight excluding hydrogens is 354 g/mol. The molecule has 2 rings (SSSR count). The molecule has 28 heavy (non-hydrogen) atoms. The van der Waals surface area contributed by atoms with Crippen molar-refractivity contribution in [3.05, 3.63) is 64.9 Å². The molecule has 2 N–H and O–H groups in total. The van der Waals surface area contributed by atoms with E-state index in [1.54, 1.807) is 14.2 Å². The van der Waals surface area contributed by atoms with E-state index in [0.29, 0.717) is 30.2 Å². The van der Waals surface area contributed by atoms with E-state index < -0.39 is 5.91 Å². The molecule has 0 saturated carbocycles. The lowest BCUT2D eigenvalue weighted by molar-refractivity contribution is -0.112. The zero-order chi connectivity index (χ0) is 20.5. The van der Waals surface area contributed by atoms with Gasteiger partial charge in [-0.3, -0.25) is 4.79 Å². The quantitative estimate of drug-likeness (QED) is 0.417. The molecule has 6 nitrogen and oxygen atoms in total. The van der Waals surface area contributed by atoms with E-state index in [2.05, 4.69) is 10.6 Å². The standard InChI is InChI=1S/C22H25N3O3/c1-15-6-5-7-19(16(15)2)25-22(26)18(13-23)14-24-11-10-17-8-9-20(27-3)21(12-17)28-4/h5-9,12,14,24H,10-11H2,1-4H3,(H,25,26)/b18-14-. The van der Waals surface area contributed by atoms with Crippen molar-refractivity contribution in [3.8, 4) is 17.6 Å². The minimum absolute atomic E-state index is 0.0215. The van der Waals surface area contributed by atoms with Gasteiger partial charge in [0.05, 0.1) is 14.2 Å². The molecule has 0 atom stereocenters. The minimum atomic E-state index is -0.435. The van der Waals surface area contributed by atoms with Crippen LogP contribution >= 0.6 is 0 Å². The summed E-state index contributed by atoms with van der Waals surface area (Å²) in [7, 11) is 3.19. The maximum absolute atomic E-state index is 12.4. The van der Waals surface area contributed by atoms with Gasteiger partial charge in [-0.1, -0.05) is 18.2 Å². The Morgan fingerprint density at radius 1 is 1.14 bits per heavy atom. The van der Waals surface area contributed by atoms with E-state index in [9.17, 15) is 10.1 Å². The summed E-state index contributed by atoms with van der Waals surface area (Å²) >= 11 is 0. The number of carbonyl (C=O) groups excluding carboxylic acids is 1. The Balaban J connectivity index is 1.95. The van der Waals surface area contributed by atoms with Gasteiger partial charge in [0.25, 0.3) is 5.91 Å². The average Bonchev–Trinajstić information content (AvgIpc) is 2.71. The predicted molar refractivity (Wildman–Crippen MR) is 109 cm³/mol. The van der Waals surface area contributed by atoms with Crippen LogP contribution in [0.15, 0.2) is 48.2 Å². The number of aryl methyl sites for hydroxylation is 1. The number of benzene rings is 2. The molecule has 0 spiro atoms. The summed E-state index contributed by atoms with van der Waals surface area (Å²) in [6, 6.07) is 13.3. The Morgan fingerprint density at radius 2 is 1.89 bits per heavy atom. The highest BCUT2D eigenvalue weighted by atomic mass is 16.5. The lowest BCUT2D eigenvalue weighted by Crippen LogP contribution is -2.18. The normalized spacial score (nSPS) is 10.8. The lowest BCUT2D eigenvalue weighted by atomic mass is 10.1. The molecule has 0 fully saturated rings. The summed E-state index contributed by atoms with van der Waals surface area (Å²) in [6.45, 7) is 4.47. The van der Waals surface area contributed by atoms with Crippen LogP contribution in [0.25, 0.3) is 0 Å². The number of nitriles is 1. The van der Waals surface area contributed by atoms with Gasteiger partial charge < -0.3 is 20.1 Å². The number of nitrogens with zero attached hydrogens (tertiary/aromatic N) is 1. The molecule has 1 amide bonds. The zero-order valence-corrected chi connectivity index (χ0v) is 16.6. The van der Waals surface area contributed by atoms with Crippen LogP contribution in [0, 0.1) is 25.2 Å². The van der Waals surface area contributed by atoms with E-state index in [-0.39, 0.29) is 5.57 Å². The summed E-state index contributed by atoms with van der Waals surface area (Å²) < 4.78 is 10.5. The first-order chi connectivity index (χ1) is 13.5. The van der Waals surface area contributed by atoms with Crippen LogP contribution in [-0.4, -0.2) is 26.7 Å². The first-order valence-electron chi connectivity index (χ1n) is 8.92. The van der Waals surface area contributed by atoms with Crippen LogP contribution in [-0.2, 0) is 11.2 Å². The van der Waals surface area contributed by atoms with E-state index in [1.165, 1.54) is 6.20 Å². The smallest absolute Gasteiger partial charge is 0.267 e. The third-order valence-electron chi connectivity index (χ3n) is 4.47. The van der Waals surface area contributed by atoms with Crippen molar-refractivity contribution in [2.45, 2.75) is 20.3 Å². The molecule has 0 saturated heterocycles. The van der Waals surface area contributed by atoms with Crippen LogP contribution in [0.4, 0.5) is 5.69 Å². The van der Waals surface area contributed by atoms with Crippen molar-refractivity contribution in [1.82, 2.24) is 5.32 Å². The molecule has 0 bridgehead atoms. The van der Waals surface area contributed by atoms with Gasteiger partial charge in [0.15, 0.2) is 11.5 Å². The van der Waals surface area contributed by atoms with Crippen molar-refractivity contribution in [2.24, 2.45) is 0 Å². The third-order valence-corrected chi connectivity index (χ3v) is 4.47. The van der Waals surface area contributed by atoms with Crippen LogP contribution in [0.5, 0.6) is 11.5 Å². The zero-order valence-electron chi connectivity index (χ0n) is 16.6. The van der Waals surface area contributed by atoms with Gasteiger partial charge in [-0.05, 0) is 55.2 Å². The fourth-order valence-electron chi connectivity index (χ4n) is 2.65. The molecule has 6 heteroatoms. The first kappa shape index (κ1) is 20.8. The van der Waals surface area contributed by atoms with Gasteiger partial charge in [0.2, 0.25) is 0 Å². The van der Waals surface area contributed by atoms with Gasteiger partial charge in [0, 0.05) is 18.4 Å². The largest absolute Gasteiger partial charge is 0.493 e. The monoisotopic (exact) mass is 379 g/mol. The summed E-state index contributed by atoms with van der Waals surface area (Å²) in [6.07, 6.45) is 2.15. The fourth-order valence-corrected chi connectivity index (χ4v) is 2.65. The van der Waals surface area contributed by atoms with Crippen LogP contribution in [0.2, 0.25) is 0 Å². The Morgan fingerprint density at radius 3 is 2.57 bits per heavy atom. The van der Waals surface area contributed by atoms with E-state index in [1.807, 2.05) is 56.3 Å². The summed E-state index contributed by atoms with van der Waals surface area (Å²) in [4.78, 5) is 12.4. The van der Waals surface area contributed by atoms with E-state index in [4.69, 9.17) is 9.47 Å². The number of hydrogen-bond acceptors (Lipinski definition) is 5. The van der Waals surface area contributed by atoms with Crippen molar-refractivity contribution >= 4 is 11.6 Å². The average molecular weight is 379 g/mol. The number of amides is 1. The predicted octanol–water partition coefficient (Wildman–Crippen LogP) is 3.50. The molecule has 0 radical (unpaired) electrons. The lowest BCUT2D eigenvalue weighted by Gasteiger charge is -2.10. The highest BCUT2D eigenvalue weighted by molar-refractivity contribution is 6.06. The summed E-state index contributed by atoms with van der Waals surface area (Å²) in [5.74, 6) is 0.907. The van der Waals surface area contributed by atoms with E-state index >= 15 is 0 Å². The molecule has 0 aliphatic rings. The molecule has 2 aromatic carbocycles. The SMILES string of the molecule is COc1ccc(CCN/C=C(/C#N)C(=O)Nc2cccc(C)c2C)cc1OC. The second-order valence-corrected chi connectivity index (χ2v) is 6.26. The third kappa shape index (κ3) is 5.27. The second kappa shape index (κ2) is 10.0. The van der Waals surface area contributed by atoms with Crippen molar-refractivity contribution in [2.75, 3.05) is 26.1 Å². The summed E-state index contributed by atoms with van der Waals surface area (Å²) in [5, 5.41) is 15.1. The highest BCUT2D eigenvalue weighted by Crippen LogP contribution is 2.27. The molecular formula is C22H25N3O3. The van der Waals surface area contributed by atoms with Gasteiger partial charge in [-0.2, -0.15) is 5.26 Å². The maximum Gasteiger partial charge on any atom is 0.267 e. The number of anilines is 1. The topological polar surface area (TPSA) is 83.4 Å². The fraction of sp³-hybridized carbons (Fsp3) is 0.273. The number of methoxy groups -OCH3 is 2. The molecule has 0 unspecified atom stereocenters. The Kier molecular flexibility index (Phi) is 7.46. The van der Waals surface area contributed by atoms with Crippen LogP contribution in [0.1, 0.15) is 16.7 Å². The van der Waals surface area contributed by atoms with Crippen LogP contribution < -0.4 is 20.1 Å². The van der Waals surface area contributed by atoms with Crippen molar-refractivity contribution < 1.29 is 14.3 Å². The van der Waals surface area contributed by atoms with Gasteiger partial charge in [-0.15, -0.1) is 0 Å². The Hall–Kier alpha value is -3.46. The first-order valence-corrected chi connectivity index (χ1v) is 8.92. The molecule has 146 valence electrons. The molecule has 0 aliphatic heterocycles. The maximum atomic E-state index is 12.4. The summed E-state index contributed by atoms with van der Waals surface area (Å²) in [5.41, 5.74) is 3.84. The number of rotatable bonds is 8. The number of carbonyl (C=O) groups is 1. The van der Waals surface area contributed by atoms with Gasteiger partial charge in [0.1, 0.15) is 11.6 Å². The molecule has 0 aromatic heterocycles. The van der Waals surface area contributed by atoms with Gasteiger partial charge >= 0.3 is 0 Å². The second-order valence-electron chi connectivity index (χ2n) is 6.26. The van der Waals surface area contributed by atoms with Gasteiger partial charge in [-0.25, -0.2) is 0 Å².